The molecule has 0 bridgehead atoms. The van der Waals surface area contributed by atoms with Crippen LogP contribution in [-0.4, -0.2) is 38.9 Å². The first-order valence-corrected chi connectivity index (χ1v) is 8.18. The topological polar surface area (TPSA) is 66.5 Å². The Morgan fingerprint density at radius 2 is 2.06 bits per heavy atom. The van der Waals surface area contributed by atoms with Gasteiger partial charge in [-0.05, 0) is 25.3 Å². The molecule has 0 spiro atoms. The largest absolute Gasteiger partial charge is 0.343 e. The molecule has 1 aromatic rings. The lowest BCUT2D eigenvalue weighted by Crippen LogP contribution is -2.34. The molecule has 0 fully saturated rings. The van der Waals surface area contributed by atoms with Crippen molar-refractivity contribution in [3.05, 3.63) is 17.5 Å². The van der Waals surface area contributed by atoms with Crippen molar-refractivity contribution in [2.75, 3.05) is 19.6 Å². The number of amides is 1. The van der Waals surface area contributed by atoms with Crippen molar-refractivity contribution in [2.45, 2.75) is 24.5 Å². The first-order chi connectivity index (χ1) is 8.51. The molecule has 0 radical (unpaired) electrons. The Kier molecular flexibility index (Phi) is 5.77. The molecule has 1 heterocycles. The number of sulfonamides is 1. The van der Waals surface area contributed by atoms with E-state index in [0.717, 1.165) is 11.3 Å². The molecule has 1 amide bonds. The van der Waals surface area contributed by atoms with Crippen LogP contribution in [0.4, 0.5) is 0 Å². The summed E-state index contributed by atoms with van der Waals surface area (Å²) in [6, 6.07) is 3.22. The average Bonchev–Trinajstić information content (AvgIpc) is 2.84. The zero-order valence-corrected chi connectivity index (χ0v) is 12.2. The van der Waals surface area contributed by atoms with E-state index in [-0.39, 0.29) is 23.1 Å². The van der Waals surface area contributed by atoms with Crippen LogP contribution in [0.5, 0.6) is 0 Å². The summed E-state index contributed by atoms with van der Waals surface area (Å²) in [7, 11) is -3.45. The van der Waals surface area contributed by atoms with Gasteiger partial charge >= 0.3 is 0 Å². The monoisotopic (exact) mass is 290 g/mol. The number of nitrogens with one attached hydrogen (secondary N) is 1. The molecule has 7 heteroatoms. The standard InChI is InChI=1S/C11H18N2O3S2/c1-3-13(4-2)10(14)7-8-12-18(15,16)11-6-5-9-17-11/h5-6,9,12H,3-4,7-8H2,1-2H3. The van der Waals surface area contributed by atoms with Crippen LogP contribution in [0.25, 0.3) is 0 Å². The molecule has 1 rings (SSSR count). The van der Waals surface area contributed by atoms with Crippen LogP contribution in [0.15, 0.2) is 21.7 Å². The third-order valence-corrected chi connectivity index (χ3v) is 5.37. The van der Waals surface area contributed by atoms with Gasteiger partial charge < -0.3 is 4.90 Å². The first kappa shape index (κ1) is 15.1. The van der Waals surface area contributed by atoms with E-state index in [1.807, 2.05) is 13.8 Å². The van der Waals surface area contributed by atoms with Crippen molar-refractivity contribution < 1.29 is 13.2 Å². The third kappa shape index (κ3) is 4.08. The molecule has 0 aliphatic carbocycles. The summed E-state index contributed by atoms with van der Waals surface area (Å²) in [6.07, 6.45) is 0.187. The van der Waals surface area contributed by atoms with Gasteiger partial charge in [0.15, 0.2) is 0 Å². The van der Waals surface area contributed by atoms with Crippen LogP contribution in [0.1, 0.15) is 20.3 Å². The summed E-state index contributed by atoms with van der Waals surface area (Å²) in [5.41, 5.74) is 0. The van der Waals surface area contributed by atoms with Crippen LogP contribution in [0.2, 0.25) is 0 Å². The van der Waals surface area contributed by atoms with E-state index in [0.29, 0.717) is 13.1 Å². The summed E-state index contributed by atoms with van der Waals surface area (Å²) < 4.78 is 26.2. The maximum atomic E-state index is 11.8. The Hall–Kier alpha value is -0.920. The molecule has 18 heavy (non-hydrogen) atoms. The first-order valence-electron chi connectivity index (χ1n) is 5.82. The van der Waals surface area contributed by atoms with Gasteiger partial charge in [0.05, 0.1) is 0 Å². The fraction of sp³-hybridized carbons (Fsp3) is 0.545. The van der Waals surface area contributed by atoms with Crippen molar-refractivity contribution in [3.63, 3.8) is 0 Å². The summed E-state index contributed by atoms with van der Waals surface area (Å²) >= 11 is 1.16. The predicted molar refractivity (Wildman–Crippen MR) is 72.1 cm³/mol. The zero-order chi connectivity index (χ0) is 13.6. The minimum absolute atomic E-state index is 0.0334. The van der Waals surface area contributed by atoms with Gasteiger partial charge in [0.1, 0.15) is 4.21 Å². The second kappa shape index (κ2) is 6.86. The second-order valence-corrected chi connectivity index (χ2v) is 6.59. The molecule has 1 aromatic heterocycles. The quantitative estimate of drug-likeness (QED) is 0.822. The van der Waals surface area contributed by atoms with E-state index in [1.165, 1.54) is 0 Å². The molecule has 102 valence electrons. The summed E-state index contributed by atoms with van der Waals surface area (Å²) in [6.45, 7) is 5.23. The lowest BCUT2D eigenvalue weighted by Gasteiger charge is -2.18. The lowest BCUT2D eigenvalue weighted by molar-refractivity contribution is -0.130. The Morgan fingerprint density at radius 1 is 1.39 bits per heavy atom. The van der Waals surface area contributed by atoms with E-state index in [9.17, 15) is 13.2 Å². The van der Waals surface area contributed by atoms with Crippen LogP contribution in [-0.2, 0) is 14.8 Å². The SMILES string of the molecule is CCN(CC)C(=O)CCNS(=O)(=O)c1cccs1. The van der Waals surface area contributed by atoms with Gasteiger partial charge in [0.2, 0.25) is 15.9 Å². The molecule has 0 aliphatic rings. The lowest BCUT2D eigenvalue weighted by atomic mass is 10.3. The zero-order valence-electron chi connectivity index (χ0n) is 10.5. The molecule has 0 unspecified atom stereocenters. The predicted octanol–water partition coefficient (Wildman–Crippen LogP) is 1.28. The van der Waals surface area contributed by atoms with Crippen LogP contribution in [0.3, 0.4) is 0 Å². The van der Waals surface area contributed by atoms with Gasteiger partial charge in [-0.15, -0.1) is 11.3 Å². The summed E-state index contributed by atoms with van der Waals surface area (Å²) in [5.74, 6) is -0.0334. The van der Waals surface area contributed by atoms with Crippen LogP contribution in [0, 0.1) is 0 Å². The fourth-order valence-corrected chi connectivity index (χ4v) is 3.58. The van der Waals surface area contributed by atoms with Gasteiger partial charge in [-0.25, -0.2) is 13.1 Å². The Bertz CT molecular complexity index is 464. The van der Waals surface area contributed by atoms with E-state index in [4.69, 9.17) is 0 Å². The fourth-order valence-electron chi connectivity index (χ4n) is 1.51. The van der Waals surface area contributed by atoms with Gasteiger partial charge in [-0.2, -0.15) is 0 Å². The highest BCUT2D eigenvalue weighted by Gasteiger charge is 2.16. The Balaban J connectivity index is 2.45. The number of hydrogen-bond donors (Lipinski definition) is 1. The molecule has 1 N–H and O–H groups in total. The van der Waals surface area contributed by atoms with E-state index < -0.39 is 10.0 Å². The van der Waals surface area contributed by atoms with E-state index in [2.05, 4.69) is 4.72 Å². The number of nitrogens with zero attached hydrogens (tertiary/aromatic N) is 1. The van der Waals surface area contributed by atoms with Crippen molar-refractivity contribution >= 4 is 27.3 Å². The minimum atomic E-state index is -3.45. The van der Waals surface area contributed by atoms with E-state index >= 15 is 0 Å². The molecular formula is C11H18N2O3S2. The molecule has 5 nitrogen and oxygen atoms in total. The average molecular weight is 290 g/mol. The number of rotatable bonds is 7. The number of carbonyl (C=O) groups excluding carboxylic acids is 1. The Morgan fingerprint density at radius 3 is 2.56 bits per heavy atom. The third-order valence-electron chi connectivity index (χ3n) is 2.51. The summed E-state index contributed by atoms with van der Waals surface area (Å²) in [4.78, 5) is 13.4. The van der Waals surface area contributed by atoms with E-state index in [1.54, 1.807) is 22.4 Å². The van der Waals surface area contributed by atoms with Gasteiger partial charge in [0, 0.05) is 26.1 Å². The molecular weight excluding hydrogens is 272 g/mol. The van der Waals surface area contributed by atoms with Crippen molar-refractivity contribution in [3.8, 4) is 0 Å². The smallest absolute Gasteiger partial charge is 0.250 e. The maximum absolute atomic E-state index is 11.8. The van der Waals surface area contributed by atoms with Crippen LogP contribution < -0.4 is 4.72 Å². The second-order valence-electron chi connectivity index (χ2n) is 3.65. The molecule has 0 aliphatic heterocycles. The van der Waals surface area contributed by atoms with Gasteiger partial charge in [0.25, 0.3) is 0 Å². The van der Waals surface area contributed by atoms with Crippen molar-refractivity contribution in [1.29, 1.82) is 0 Å². The number of carbonyl (C=O) groups is 1. The molecule has 0 aromatic carbocycles. The van der Waals surface area contributed by atoms with Gasteiger partial charge in [-0.3, -0.25) is 4.79 Å². The highest BCUT2D eigenvalue weighted by Crippen LogP contribution is 2.14. The number of thiophene rings is 1. The molecule has 0 saturated carbocycles. The minimum Gasteiger partial charge on any atom is -0.343 e. The number of hydrogen-bond acceptors (Lipinski definition) is 4. The normalized spacial score (nSPS) is 11.4. The molecule has 0 saturated heterocycles. The van der Waals surface area contributed by atoms with Gasteiger partial charge in [-0.1, -0.05) is 6.07 Å². The molecule has 0 atom stereocenters. The highest BCUT2D eigenvalue weighted by molar-refractivity contribution is 7.91. The maximum Gasteiger partial charge on any atom is 0.250 e. The van der Waals surface area contributed by atoms with Crippen LogP contribution >= 0.6 is 11.3 Å². The highest BCUT2D eigenvalue weighted by atomic mass is 32.2. The van der Waals surface area contributed by atoms with Crippen molar-refractivity contribution in [1.82, 2.24) is 9.62 Å². The van der Waals surface area contributed by atoms with Crippen molar-refractivity contribution in [2.24, 2.45) is 0 Å². The summed E-state index contributed by atoms with van der Waals surface area (Å²) in [5, 5.41) is 1.70. The Labute approximate surface area is 112 Å².